The zero-order valence-electron chi connectivity index (χ0n) is 29.7. The summed E-state index contributed by atoms with van der Waals surface area (Å²) in [6.07, 6.45) is 0. The van der Waals surface area contributed by atoms with Gasteiger partial charge in [0.05, 0.1) is 22.0 Å². The van der Waals surface area contributed by atoms with Crippen LogP contribution in [0.4, 0.5) is 0 Å². The summed E-state index contributed by atoms with van der Waals surface area (Å²) in [5.74, 6) is 0.709. The fourth-order valence-corrected chi connectivity index (χ4v) is 9.28. The molecule has 1 aromatic heterocycles. The molecule has 0 spiro atoms. The van der Waals surface area contributed by atoms with Gasteiger partial charge in [0.15, 0.2) is 5.82 Å². The molecule has 1 heterocycles. The minimum Gasteiger partial charge on any atom is -0.228 e. The molecule has 0 fully saturated rings. The van der Waals surface area contributed by atoms with E-state index in [-0.39, 0.29) is 0 Å². The van der Waals surface area contributed by atoms with E-state index in [1.807, 2.05) is 6.07 Å². The molecule has 2 nitrogen and oxygen atoms in total. The molecule has 0 bridgehead atoms. The molecule has 0 saturated carbocycles. The Balaban J connectivity index is 1.36. The van der Waals surface area contributed by atoms with Crippen molar-refractivity contribution in [1.82, 2.24) is 9.97 Å². The van der Waals surface area contributed by atoms with Crippen LogP contribution in [0.25, 0.3) is 44.7 Å². The number of hydrogen-bond donors (Lipinski definition) is 0. The third-order valence-electron chi connectivity index (χ3n) is 11.3. The molecule has 0 unspecified atom stereocenters. The van der Waals surface area contributed by atoms with Gasteiger partial charge in [-0.2, -0.15) is 0 Å². The molecule has 254 valence electrons. The Labute approximate surface area is 316 Å². The van der Waals surface area contributed by atoms with Crippen molar-refractivity contribution in [2.75, 3.05) is 0 Å². The average molecular weight is 689 g/mol. The number of para-hydroxylation sites is 1. The number of rotatable bonds is 6. The SMILES string of the molecule is c1ccc(-c2nc(-c3ccc4c(c3)-c3ccccc3C(c3ccccc3)(c3ccccc3)C4(c3ccccc3)c3ccccc3)nc3ccccc23)cc1. The van der Waals surface area contributed by atoms with Crippen LogP contribution in [-0.4, -0.2) is 9.97 Å². The molecule has 0 atom stereocenters. The maximum absolute atomic E-state index is 5.31. The first-order valence-corrected chi connectivity index (χ1v) is 18.6. The van der Waals surface area contributed by atoms with E-state index in [1.54, 1.807) is 0 Å². The minimum atomic E-state index is -0.695. The molecular formula is C52H36N2. The van der Waals surface area contributed by atoms with E-state index in [4.69, 9.17) is 9.97 Å². The van der Waals surface area contributed by atoms with E-state index in [0.29, 0.717) is 5.82 Å². The van der Waals surface area contributed by atoms with E-state index in [9.17, 15) is 0 Å². The predicted octanol–water partition coefficient (Wildman–Crippen LogP) is 12.3. The second kappa shape index (κ2) is 12.9. The van der Waals surface area contributed by atoms with Gasteiger partial charge in [-0.15, -0.1) is 0 Å². The highest BCUT2D eigenvalue weighted by Gasteiger charge is 2.61. The van der Waals surface area contributed by atoms with Crippen LogP contribution in [0.3, 0.4) is 0 Å². The highest BCUT2D eigenvalue weighted by molar-refractivity contribution is 5.94. The fraction of sp³-hybridized carbons (Fsp3) is 0.0385. The molecule has 1 aliphatic rings. The number of benzene rings is 8. The van der Waals surface area contributed by atoms with Crippen LogP contribution in [0.2, 0.25) is 0 Å². The summed E-state index contributed by atoms with van der Waals surface area (Å²) in [6.45, 7) is 0. The second-order valence-corrected chi connectivity index (χ2v) is 14.0. The third-order valence-corrected chi connectivity index (χ3v) is 11.3. The molecule has 0 aliphatic heterocycles. The number of aromatic nitrogens is 2. The first kappa shape index (κ1) is 31.8. The van der Waals surface area contributed by atoms with Gasteiger partial charge in [-0.25, -0.2) is 9.97 Å². The standard InChI is InChI=1S/C52H36N2/c1-6-20-37(21-7-1)49-44-31-17-19-33-48(44)53-50(54-49)38-34-35-47-45(36-38)43-30-16-18-32-46(43)51(39-22-8-2-9-23-39,40-24-10-3-11-25-40)52(47,41-26-12-4-13-27-41)42-28-14-5-15-29-42/h1-36H. The molecular weight excluding hydrogens is 653 g/mol. The number of fused-ring (bicyclic) bond motifs is 4. The summed E-state index contributed by atoms with van der Waals surface area (Å²) in [5, 5.41) is 1.04. The van der Waals surface area contributed by atoms with Gasteiger partial charge in [0, 0.05) is 16.5 Å². The zero-order chi connectivity index (χ0) is 36.0. The van der Waals surface area contributed by atoms with Crippen LogP contribution < -0.4 is 0 Å². The molecule has 2 heteroatoms. The lowest BCUT2D eigenvalue weighted by molar-refractivity contribution is 0.415. The smallest absolute Gasteiger partial charge is 0.160 e. The Kier molecular flexibility index (Phi) is 7.63. The Bertz CT molecular complexity index is 2660. The van der Waals surface area contributed by atoms with Gasteiger partial charge in [-0.3, -0.25) is 0 Å². The summed E-state index contributed by atoms with van der Waals surface area (Å²) in [6, 6.07) is 79.2. The first-order chi connectivity index (χ1) is 26.8. The van der Waals surface area contributed by atoms with Gasteiger partial charge < -0.3 is 0 Å². The normalized spacial score (nSPS) is 13.9. The maximum atomic E-state index is 5.31. The average Bonchev–Trinajstić information content (AvgIpc) is 3.27. The Hall–Kier alpha value is -6.90. The van der Waals surface area contributed by atoms with Gasteiger partial charge in [-0.1, -0.05) is 206 Å². The van der Waals surface area contributed by atoms with Crippen LogP contribution in [0.5, 0.6) is 0 Å². The Morgan fingerprint density at radius 3 is 1.31 bits per heavy atom. The lowest BCUT2D eigenvalue weighted by atomic mass is 9.43. The van der Waals surface area contributed by atoms with E-state index >= 15 is 0 Å². The molecule has 1 aliphatic carbocycles. The lowest BCUT2D eigenvalue weighted by Gasteiger charge is -2.57. The lowest BCUT2D eigenvalue weighted by Crippen LogP contribution is -2.54. The van der Waals surface area contributed by atoms with Crippen molar-refractivity contribution in [3.05, 3.63) is 252 Å². The molecule has 9 aromatic rings. The van der Waals surface area contributed by atoms with Gasteiger partial charge in [0.1, 0.15) is 0 Å². The van der Waals surface area contributed by atoms with E-state index in [0.717, 1.165) is 27.7 Å². The fourth-order valence-electron chi connectivity index (χ4n) is 9.28. The van der Waals surface area contributed by atoms with Crippen LogP contribution in [0.15, 0.2) is 218 Å². The van der Waals surface area contributed by atoms with Gasteiger partial charge >= 0.3 is 0 Å². The molecule has 0 N–H and O–H groups in total. The summed E-state index contributed by atoms with van der Waals surface area (Å²) >= 11 is 0. The van der Waals surface area contributed by atoms with Crippen LogP contribution >= 0.6 is 0 Å². The van der Waals surface area contributed by atoms with Gasteiger partial charge in [0.2, 0.25) is 0 Å². The van der Waals surface area contributed by atoms with Crippen molar-refractivity contribution in [2.45, 2.75) is 10.8 Å². The highest BCUT2D eigenvalue weighted by atomic mass is 14.9. The second-order valence-electron chi connectivity index (χ2n) is 14.0. The Morgan fingerprint density at radius 1 is 0.315 bits per heavy atom. The van der Waals surface area contributed by atoms with Crippen LogP contribution in [0, 0.1) is 0 Å². The summed E-state index contributed by atoms with van der Waals surface area (Å²) in [5.41, 5.74) is 12.3. The summed E-state index contributed by atoms with van der Waals surface area (Å²) in [7, 11) is 0. The van der Waals surface area contributed by atoms with E-state index < -0.39 is 10.8 Å². The minimum absolute atomic E-state index is 0.663. The van der Waals surface area contributed by atoms with Crippen LogP contribution in [-0.2, 0) is 10.8 Å². The third kappa shape index (κ3) is 4.67. The van der Waals surface area contributed by atoms with Crippen LogP contribution in [0.1, 0.15) is 33.4 Å². The largest absolute Gasteiger partial charge is 0.228 e. The zero-order valence-corrected chi connectivity index (χ0v) is 29.7. The topological polar surface area (TPSA) is 25.8 Å². The van der Waals surface area contributed by atoms with Crippen molar-refractivity contribution in [1.29, 1.82) is 0 Å². The quantitative estimate of drug-likeness (QED) is 0.174. The van der Waals surface area contributed by atoms with Crippen molar-refractivity contribution in [2.24, 2.45) is 0 Å². The number of nitrogens with zero attached hydrogens (tertiary/aromatic N) is 2. The van der Waals surface area contributed by atoms with Crippen molar-refractivity contribution < 1.29 is 0 Å². The number of hydrogen-bond acceptors (Lipinski definition) is 2. The maximum Gasteiger partial charge on any atom is 0.160 e. The van der Waals surface area contributed by atoms with Gasteiger partial charge in [0.25, 0.3) is 0 Å². The molecule has 54 heavy (non-hydrogen) atoms. The monoisotopic (exact) mass is 688 g/mol. The van der Waals surface area contributed by atoms with E-state index in [2.05, 4.69) is 212 Å². The molecule has 10 rings (SSSR count). The van der Waals surface area contributed by atoms with Crippen molar-refractivity contribution in [3.8, 4) is 33.8 Å². The molecule has 8 aromatic carbocycles. The predicted molar refractivity (Wildman–Crippen MR) is 221 cm³/mol. The van der Waals surface area contributed by atoms with Crippen molar-refractivity contribution >= 4 is 10.9 Å². The molecule has 0 amide bonds. The van der Waals surface area contributed by atoms with Crippen molar-refractivity contribution in [3.63, 3.8) is 0 Å². The first-order valence-electron chi connectivity index (χ1n) is 18.6. The summed E-state index contributed by atoms with van der Waals surface area (Å²) in [4.78, 5) is 10.5. The Morgan fingerprint density at radius 2 is 0.759 bits per heavy atom. The molecule has 0 radical (unpaired) electrons. The summed E-state index contributed by atoms with van der Waals surface area (Å²) < 4.78 is 0. The van der Waals surface area contributed by atoms with E-state index in [1.165, 1.54) is 44.5 Å². The molecule has 0 saturated heterocycles. The highest BCUT2D eigenvalue weighted by Crippen LogP contribution is 2.65. The van der Waals surface area contributed by atoms with Gasteiger partial charge in [-0.05, 0) is 56.6 Å².